The molecule has 2 N–H and O–H groups in total. The maximum atomic E-state index is 9.90. The van der Waals surface area contributed by atoms with Gasteiger partial charge >= 0.3 is 0 Å². The zero-order valence-corrected chi connectivity index (χ0v) is 19.0. The van der Waals surface area contributed by atoms with Crippen LogP contribution in [0.15, 0.2) is 54.9 Å². The molecule has 2 aromatic heterocycles. The van der Waals surface area contributed by atoms with E-state index in [0.717, 1.165) is 53.8 Å². The van der Waals surface area contributed by atoms with Crippen LogP contribution >= 0.6 is 11.6 Å². The highest BCUT2D eigenvalue weighted by Crippen LogP contribution is 2.32. The minimum Gasteiger partial charge on any atom is -0.495 e. The van der Waals surface area contributed by atoms with E-state index in [4.69, 9.17) is 16.3 Å². The number of anilines is 2. The predicted octanol–water partition coefficient (Wildman–Crippen LogP) is 4.05. The summed E-state index contributed by atoms with van der Waals surface area (Å²) in [6.45, 7) is 2.04. The molecule has 1 fully saturated rings. The summed E-state index contributed by atoms with van der Waals surface area (Å²) in [5.74, 6) is 2.17. The van der Waals surface area contributed by atoms with Crippen molar-refractivity contribution in [3.8, 4) is 11.4 Å². The van der Waals surface area contributed by atoms with Crippen molar-refractivity contribution in [2.45, 2.75) is 25.5 Å². The minimum absolute atomic E-state index is 0.246. The second-order valence-corrected chi connectivity index (χ2v) is 8.50. The summed E-state index contributed by atoms with van der Waals surface area (Å²) >= 11 is 6.29. The van der Waals surface area contributed by atoms with Crippen molar-refractivity contribution in [2.24, 2.45) is 0 Å². The van der Waals surface area contributed by atoms with Crippen LogP contribution in [0.2, 0.25) is 5.02 Å². The van der Waals surface area contributed by atoms with Crippen molar-refractivity contribution in [3.05, 3.63) is 65.4 Å². The Morgan fingerprint density at radius 2 is 1.97 bits per heavy atom. The number of aromatic nitrogens is 4. The SMILES string of the molecule is COc1ccc(CNc2nnc(N3CCC(O)CC3)c3ccc(-n4cccn4)cc23)cc1Cl. The number of aliphatic hydroxyl groups is 1. The normalized spacial score (nSPS) is 14.6. The molecule has 5 rings (SSSR count). The third-order valence-corrected chi connectivity index (χ3v) is 6.25. The molecule has 0 atom stereocenters. The van der Waals surface area contributed by atoms with Crippen LogP contribution in [0.4, 0.5) is 11.6 Å². The van der Waals surface area contributed by atoms with Crippen molar-refractivity contribution < 1.29 is 9.84 Å². The molecule has 0 bridgehead atoms. The van der Waals surface area contributed by atoms with Crippen molar-refractivity contribution in [1.82, 2.24) is 20.0 Å². The Kier molecular flexibility index (Phi) is 6.02. The van der Waals surface area contributed by atoms with Gasteiger partial charge in [0.15, 0.2) is 11.6 Å². The van der Waals surface area contributed by atoms with E-state index in [1.807, 2.05) is 41.2 Å². The molecule has 0 spiro atoms. The first-order chi connectivity index (χ1) is 16.1. The van der Waals surface area contributed by atoms with E-state index in [0.29, 0.717) is 23.1 Å². The number of hydrogen-bond donors (Lipinski definition) is 2. The van der Waals surface area contributed by atoms with Crippen LogP contribution in [0.5, 0.6) is 5.75 Å². The molecule has 1 aliphatic heterocycles. The number of nitrogens with zero attached hydrogens (tertiary/aromatic N) is 5. The first-order valence-electron chi connectivity index (χ1n) is 10.9. The molecule has 0 aliphatic carbocycles. The summed E-state index contributed by atoms with van der Waals surface area (Å²) in [7, 11) is 1.60. The highest BCUT2D eigenvalue weighted by molar-refractivity contribution is 6.32. The van der Waals surface area contributed by atoms with E-state index < -0.39 is 0 Å². The maximum absolute atomic E-state index is 9.90. The molecule has 4 aromatic rings. The van der Waals surface area contributed by atoms with E-state index >= 15 is 0 Å². The lowest BCUT2D eigenvalue weighted by molar-refractivity contribution is 0.145. The van der Waals surface area contributed by atoms with Crippen LogP contribution in [-0.2, 0) is 6.54 Å². The Morgan fingerprint density at radius 3 is 2.70 bits per heavy atom. The van der Waals surface area contributed by atoms with Gasteiger partial charge in [0.05, 0.1) is 23.9 Å². The Bertz CT molecular complexity index is 1260. The van der Waals surface area contributed by atoms with Gasteiger partial charge in [-0.1, -0.05) is 17.7 Å². The van der Waals surface area contributed by atoms with E-state index in [9.17, 15) is 5.11 Å². The highest BCUT2D eigenvalue weighted by atomic mass is 35.5. The lowest BCUT2D eigenvalue weighted by atomic mass is 10.1. The van der Waals surface area contributed by atoms with Gasteiger partial charge in [-0.05, 0) is 54.8 Å². The van der Waals surface area contributed by atoms with Crippen molar-refractivity contribution in [1.29, 1.82) is 0 Å². The van der Waals surface area contributed by atoms with Crippen LogP contribution in [0.1, 0.15) is 18.4 Å². The second kappa shape index (κ2) is 9.25. The standard InChI is InChI=1S/C24H25ClN6O2/c1-33-22-6-3-16(13-21(22)25)15-26-23-20-14-17(31-10-2-9-27-31)4-5-19(20)24(29-28-23)30-11-7-18(32)8-12-30/h2-6,9-10,13-14,18,32H,7-8,11-12,15H2,1H3,(H,26,28). The molecule has 1 aliphatic rings. The Morgan fingerprint density at radius 1 is 1.12 bits per heavy atom. The zero-order valence-electron chi connectivity index (χ0n) is 18.3. The maximum Gasteiger partial charge on any atom is 0.159 e. The van der Waals surface area contributed by atoms with Gasteiger partial charge in [-0.2, -0.15) is 5.10 Å². The van der Waals surface area contributed by atoms with Gasteiger partial charge in [-0.25, -0.2) is 4.68 Å². The van der Waals surface area contributed by atoms with Crippen molar-refractivity contribution in [2.75, 3.05) is 30.4 Å². The number of fused-ring (bicyclic) bond motifs is 1. The van der Waals surface area contributed by atoms with Gasteiger partial charge in [-0.3, -0.25) is 0 Å². The second-order valence-electron chi connectivity index (χ2n) is 8.09. The smallest absolute Gasteiger partial charge is 0.159 e. The third kappa shape index (κ3) is 4.44. The predicted molar refractivity (Wildman–Crippen MR) is 129 cm³/mol. The Labute approximate surface area is 196 Å². The summed E-state index contributed by atoms with van der Waals surface area (Å²) in [6, 6.07) is 13.8. The number of aliphatic hydroxyl groups excluding tert-OH is 1. The molecule has 8 nitrogen and oxygen atoms in total. The average Bonchev–Trinajstić information content (AvgIpc) is 3.38. The van der Waals surface area contributed by atoms with Crippen LogP contribution in [0.3, 0.4) is 0 Å². The van der Waals surface area contributed by atoms with Crippen LogP contribution in [-0.4, -0.2) is 51.4 Å². The first-order valence-corrected chi connectivity index (χ1v) is 11.3. The van der Waals surface area contributed by atoms with E-state index in [2.05, 4.69) is 37.6 Å². The van der Waals surface area contributed by atoms with Crippen LogP contribution in [0, 0.1) is 0 Å². The molecule has 0 unspecified atom stereocenters. The summed E-state index contributed by atoms with van der Waals surface area (Å²) in [6.07, 6.45) is 4.88. The minimum atomic E-state index is -0.246. The Balaban J connectivity index is 1.51. The van der Waals surface area contributed by atoms with Gasteiger partial charge in [0.2, 0.25) is 0 Å². The van der Waals surface area contributed by atoms with E-state index in [1.165, 1.54) is 0 Å². The van der Waals surface area contributed by atoms with Crippen LogP contribution < -0.4 is 15.0 Å². The number of piperidine rings is 1. The molecular weight excluding hydrogens is 440 g/mol. The van der Waals surface area contributed by atoms with Crippen molar-refractivity contribution >= 4 is 34.0 Å². The fourth-order valence-corrected chi connectivity index (χ4v) is 4.42. The van der Waals surface area contributed by atoms with Gasteiger partial charge in [0.25, 0.3) is 0 Å². The average molecular weight is 465 g/mol. The molecule has 0 saturated carbocycles. The highest BCUT2D eigenvalue weighted by Gasteiger charge is 2.21. The van der Waals surface area contributed by atoms with E-state index in [1.54, 1.807) is 13.3 Å². The molecule has 0 amide bonds. The molecule has 1 saturated heterocycles. The quantitative estimate of drug-likeness (QED) is 0.445. The van der Waals surface area contributed by atoms with E-state index in [-0.39, 0.29) is 6.10 Å². The number of methoxy groups -OCH3 is 1. The molecule has 33 heavy (non-hydrogen) atoms. The summed E-state index contributed by atoms with van der Waals surface area (Å²) in [5.41, 5.74) is 1.95. The first kappa shape index (κ1) is 21.5. The number of benzene rings is 2. The Hall–Kier alpha value is -3.36. The number of halogens is 1. The monoisotopic (exact) mass is 464 g/mol. The number of nitrogens with one attached hydrogen (secondary N) is 1. The fraction of sp³-hybridized carbons (Fsp3) is 0.292. The lowest BCUT2D eigenvalue weighted by Crippen LogP contribution is -2.36. The molecule has 3 heterocycles. The molecule has 0 radical (unpaired) electrons. The summed E-state index contributed by atoms with van der Waals surface area (Å²) in [5, 5.41) is 29.3. The zero-order chi connectivity index (χ0) is 22.8. The number of hydrogen-bond acceptors (Lipinski definition) is 7. The summed E-state index contributed by atoms with van der Waals surface area (Å²) in [4.78, 5) is 2.20. The molecule has 170 valence electrons. The van der Waals surface area contributed by atoms with Crippen molar-refractivity contribution in [3.63, 3.8) is 0 Å². The number of rotatable bonds is 6. The van der Waals surface area contributed by atoms with Gasteiger partial charge in [0.1, 0.15) is 5.75 Å². The largest absolute Gasteiger partial charge is 0.495 e. The molecule has 9 heteroatoms. The van der Waals surface area contributed by atoms with Gasteiger partial charge < -0.3 is 20.1 Å². The lowest BCUT2D eigenvalue weighted by Gasteiger charge is -2.31. The number of ether oxygens (including phenoxy) is 1. The van der Waals surface area contributed by atoms with Crippen LogP contribution in [0.25, 0.3) is 16.5 Å². The van der Waals surface area contributed by atoms with Gasteiger partial charge in [-0.15, -0.1) is 10.2 Å². The molecule has 2 aromatic carbocycles. The van der Waals surface area contributed by atoms with Gasteiger partial charge in [0, 0.05) is 42.8 Å². The third-order valence-electron chi connectivity index (χ3n) is 5.95. The summed E-state index contributed by atoms with van der Waals surface area (Å²) < 4.78 is 7.07. The molecular formula is C24H25ClN6O2. The topological polar surface area (TPSA) is 88.3 Å². The fourth-order valence-electron chi connectivity index (χ4n) is 4.14.